The summed E-state index contributed by atoms with van der Waals surface area (Å²) >= 11 is 0. The Morgan fingerprint density at radius 1 is 1.05 bits per heavy atom. The molecule has 4 nitrogen and oxygen atoms in total. The SMILES string of the molecule is CCc1nc(-c2ccc(-c3ccc(C=O)o3)cc2)oc1C. The zero-order valence-electron chi connectivity index (χ0n) is 11.9. The van der Waals surface area contributed by atoms with Crippen molar-refractivity contribution in [3.63, 3.8) is 0 Å². The number of hydrogen-bond acceptors (Lipinski definition) is 4. The molecular formula is C17H15NO3. The molecule has 0 bridgehead atoms. The van der Waals surface area contributed by atoms with Gasteiger partial charge < -0.3 is 8.83 Å². The van der Waals surface area contributed by atoms with Crippen molar-refractivity contribution in [1.82, 2.24) is 4.98 Å². The fraction of sp³-hybridized carbons (Fsp3) is 0.176. The van der Waals surface area contributed by atoms with Gasteiger partial charge in [-0.15, -0.1) is 0 Å². The van der Waals surface area contributed by atoms with Gasteiger partial charge in [-0.1, -0.05) is 19.1 Å². The molecule has 0 atom stereocenters. The third-order valence-corrected chi connectivity index (χ3v) is 3.39. The Hall–Kier alpha value is -2.62. The molecule has 1 aromatic carbocycles. The van der Waals surface area contributed by atoms with Crippen LogP contribution in [0.25, 0.3) is 22.8 Å². The van der Waals surface area contributed by atoms with Gasteiger partial charge in [0.25, 0.3) is 0 Å². The first-order valence-electron chi connectivity index (χ1n) is 6.83. The third kappa shape index (κ3) is 2.52. The van der Waals surface area contributed by atoms with Crippen molar-refractivity contribution < 1.29 is 13.6 Å². The predicted octanol–water partition coefficient (Wildman–Crippen LogP) is 4.28. The van der Waals surface area contributed by atoms with E-state index in [-0.39, 0.29) is 0 Å². The van der Waals surface area contributed by atoms with E-state index in [1.807, 2.05) is 31.2 Å². The number of rotatable bonds is 4. The van der Waals surface area contributed by atoms with Crippen LogP contribution in [0.5, 0.6) is 0 Å². The Kier molecular flexibility index (Phi) is 3.44. The molecular weight excluding hydrogens is 266 g/mol. The van der Waals surface area contributed by atoms with Crippen LogP contribution in [0.3, 0.4) is 0 Å². The van der Waals surface area contributed by atoms with Crippen molar-refractivity contribution in [2.75, 3.05) is 0 Å². The van der Waals surface area contributed by atoms with Crippen LogP contribution in [-0.4, -0.2) is 11.3 Å². The third-order valence-electron chi connectivity index (χ3n) is 3.39. The van der Waals surface area contributed by atoms with E-state index in [1.54, 1.807) is 12.1 Å². The summed E-state index contributed by atoms with van der Waals surface area (Å²) in [6.07, 6.45) is 1.55. The second-order valence-corrected chi connectivity index (χ2v) is 4.77. The van der Waals surface area contributed by atoms with Crippen LogP contribution in [0, 0.1) is 6.92 Å². The van der Waals surface area contributed by atoms with E-state index in [2.05, 4.69) is 11.9 Å². The van der Waals surface area contributed by atoms with Crippen LogP contribution >= 0.6 is 0 Å². The van der Waals surface area contributed by atoms with Crippen LogP contribution in [-0.2, 0) is 6.42 Å². The van der Waals surface area contributed by atoms with Crippen LogP contribution < -0.4 is 0 Å². The van der Waals surface area contributed by atoms with E-state index in [9.17, 15) is 4.79 Å². The zero-order valence-corrected chi connectivity index (χ0v) is 11.9. The van der Waals surface area contributed by atoms with Gasteiger partial charge >= 0.3 is 0 Å². The van der Waals surface area contributed by atoms with Crippen molar-refractivity contribution in [2.45, 2.75) is 20.3 Å². The molecule has 3 rings (SSSR count). The van der Waals surface area contributed by atoms with Crippen molar-refractivity contribution in [1.29, 1.82) is 0 Å². The number of aromatic nitrogens is 1. The van der Waals surface area contributed by atoms with Crippen molar-refractivity contribution >= 4 is 6.29 Å². The summed E-state index contributed by atoms with van der Waals surface area (Å²) in [5.74, 6) is 2.48. The van der Waals surface area contributed by atoms with Crippen molar-refractivity contribution in [2.24, 2.45) is 0 Å². The Balaban J connectivity index is 1.91. The number of carbonyl (C=O) groups excluding carboxylic acids is 1. The number of hydrogen-bond donors (Lipinski definition) is 0. The average Bonchev–Trinajstić information content (AvgIpc) is 3.13. The minimum absolute atomic E-state index is 0.324. The Bertz CT molecular complexity index is 766. The highest BCUT2D eigenvalue weighted by Gasteiger charge is 2.10. The summed E-state index contributed by atoms with van der Waals surface area (Å²) in [5, 5.41) is 0. The van der Waals surface area contributed by atoms with Gasteiger partial charge in [0, 0.05) is 11.1 Å². The minimum atomic E-state index is 0.324. The van der Waals surface area contributed by atoms with Gasteiger partial charge in [0.1, 0.15) is 11.5 Å². The van der Waals surface area contributed by atoms with Gasteiger partial charge in [-0.2, -0.15) is 0 Å². The van der Waals surface area contributed by atoms with Gasteiger partial charge in [-0.3, -0.25) is 4.79 Å². The molecule has 0 aliphatic rings. The summed E-state index contributed by atoms with van der Waals surface area (Å²) < 4.78 is 11.1. The van der Waals surface area contributed by atoms with Crippen molar-refractivity contribution in [3.8, 4) is 22.8 Å². The number of aryl methyl sites for hydroxylation is 2. The molecule has 0 aliphatic carbocycles. The minimum Gasteiger partial charge on any atom is -0.453 e. The first kappa shape index (κ1) is 13.4. The van der Waals surface area contributed by atoms with E-state index >= 15 is 0 Å². The maximum atomic E-state index is 10.6. The lowest BCUT2D eigenvalue weighted by Gasteiger charge is -1.99. The molecule has 3 aromatic rings. The van der Waals surface area contributed by atoms with Gasteiger partial charge in [0.05, 0.1) is 5.69 Å². The Morgan fingerprint density at radius 3 is 2.33 bits per heavy atom. The lowest BCUT2D eigenvalue weighted by atomic mass is 10.1. The lowest BCUT2D eigenvalue weighted by molar-refractivity contribution is 0.110. The molecule has 0 saturated heterocycles. The highest BCUT2D eigenvalue weighted by molar-refractivity contribution is 5.73. The van der Waals surface area contributed by atoms with E-state index in [0.29, 0.717) is 23.7 Å². The van der Waals surface area contributed by atoms with Crippen molar-refractivity contribution in [3.05, 3.63) is 53.6 Å². The Morgan fingerprint density at radius 2 is 1.76 bits per heavy atom. The topological polar surface area (TPSA) is 56.2 Å². The summed E-state index contributed by atoms with van der Waals surface area (Å²) in [7, 11) is 0. The fourth-order valence-corrected chi connectivity index (χ4v) is 2.23. The Labute approximate surface area is 122 Å². The summed E-state index contributed by atoms with van der Waals surface area (Å²) in [4.78, 5) is 15.1. The second kappa shape index (κ2) is 5.40. The van der Waals surface area contributed by atoms with E-state index in [1.165, 1.54) is 0 Å². The van der Waals surface area contributed by atoms with Gasteiger partial charge in [-0.25, -0.2) is 4.98 Å². The molecule has 106 valence electrons. The predicted molar refractivity (Wildman–Crippen MR) is 79.1 cm³/mol. The van der Waals surface area contributed by atoms with Crippen LogP contribution in [0.1, 0.15) is 28.9 Å². The number of benzene rings is 1. The number of nitrogens with zero attached hydrogens (tertiary/aromatic N) is 1. The molecule has 0 amide bonds. The molecule has 0 spiro atoms. The lowest BCUT2D eigenvalue weighted by Crippen LogP contribution is -1.83. The van der Waals surface area contributed by atoms with E-state index in [4.69, 9.17) is 8.83 Å². The van der Waals surface area contributed by atoms with Crippen LogP contribution in [0.15, 0.2) is 45.2 Å². The maximum Gasteiger partial charge on any atom is 0.226 e. The number of furan rings is 1. The van der Waals surface area contributed by atoms with E-state index < -0.39 is 0 Å². The normalized spacial score (nSPS) is 10.8. The molecule has 0 radical (unpaired) electrons. The zero-order chi connectivity index (χ0) is 14.8. The fourth-order valence-electron chi connectivity index (χ4n) is 2.23. The number of oxazole rings is 1. The summed E-state index contributed by atoms with van der Waals surface area (Å²) in [6.45, 7) is 3.98. The molecule has 0 unspecified atom stereocenters. The molecule has 0 fully saturated rings. The summed E-state index contributed by atoms with van der Waals surface area (Å²) in [5.41, 5.74) is 2.81. The number of aldehydes is 1. The van der Waals surface area contributed by atoms with Gasteiger partial charge in [0.15, 0.2) is 12.0 Å². The van der Waals surface area contributed by atoms with E-state index in [0.717, 1.165) is 29.0 Å². The first-order chi connectivity index (χ1) is 10.2. The molecule has 0 N–H and O–H groups in total. The standard InChI is InChI=1S/C17H15NO3/c1-3-15-11(2)20-17(18-15)13-6-4-12(5-7-13)16-9-8-14(10-19)21-16/h4-10H,3H2,1-2H3. The quantitative estimate of drug-likeness (QED) is 0.669. The average molecular weight is 281 g/mol. The summed E-state index contributed by atoms with van der Waals surface area (Å²) in [6, 6.07) is 11.2. The molecule has 0 saturated carbocycles. The largest absolute Gasteiger partial charge is 0.453 e. The monoisotopic (exact) mass is 281 g/mol. The molecule has 4 heteroatoms. The first-order valence-corrected chi connectivity index (χ1v) is 6.83. The highest BCUT2D eigenvalue weighted by atomic mass is 16.4. The van der Waals surface area contributed by atoms with Gasteiger partial charge in [-0.05, 0) is 37.6 Å². The van der Waals surface area contributed by atoms with Gasteiger partial charge in [0.2, 0.25) is 5.89 Å². The van der Waals surface area contributed by atoms with Crippen LogP contribution in [0.2, 0.25) is 0 Å². The molecule has 2 heterocycles. The van der Waals surface area contributed by atoms with Crippen LogP contribution in [0.4, 0.5) is 0 Å². The highest BCUT2D eigenvalue weighted by Crippen LogP contribution is 2.26. The molecule has 21 heavy (non-hydrogen) atoms. The molecule has 2 aromatic heterocycles. The second-order valence-electron chi connectivity index (χ2n) is 4.77. The maximum absolute atomic E-state index is 10.6. The smallest absolute Gasteiger partial charge is 0.226 e. The molecule has 0 aliphatic heterocycles. The number of carbonyl (C=O) groups is 1.